The highest BCUT2D eigenvalue weighted by Crippen LogP contribution is 2.44. The summed E-state index contributed by atoms with van der Waals surface area (Å²) in [6.07, 6.45) is 5.77. The fourth-order valence-electron chi connectivity index (χ4n) is 2.20. The number of nitrogens with one attached hydrogen (secondary N) is 1. The zero-order valence-corrected chi connectivity index (χ0v) is 10.4. The van der Waals surface area contributed by atoms with Crippen LogP contribution in [0.25, 0.3) is 0 Å². The minimum absolute atomic E-state index is 0.227. The van der Waals surface area contributed by atoms with E-state index < -0.39 is 0 Å². The maximum atomic E-state index is 6.18. The van der Waals surface area contributed by atoms with Crippen molar-refractivity contribution in [3.63, 3.8) is 0 Å². The van der Waals surface area contributed by atoms with Crippen LogP contribution in [0, 0.1) is 17.3 Å². The molecule has 0 aromatic heterocycles. The highest BCUT2D eigenvalue weighted by Gasteiger charge is 2.41. The van der Waals surface area contributed by atoms with E-state index in [2.05, 4.69) is 26.1 Å². The van der Waals surface area contributed by atoms with Crippen molar-refractivity contribution in [2.75, 3.05) is 6.54 Å². The molecule has 2 heteroatoms. The predicted molar refractivity (Wildman–Crippen MR) is 64.7 cm³/mol. The molecule has 0 bridgehead atoms. The Morgan fingerprint density at radius 3 is 1.93 bits per heavy atom. The molecule has 0 amide bonds. The van der Waals surface area contributed by atoms with Crippen LogP contribution in [0.2, 0.25) is 0 Å². The summed E-state index contributed by atoms with van der Waals surface area (Å²) in [5.74, 6) is 1.95. The molecular formula is C13H26N2. The van der Waals surface area contributed by atoms with Crippen LogP contribution in [0.1, 0.15) is 46.5 Å². The molecule has 1 atom stereocenters. The van der Waals surface area contributed by atoms with Crippen LogP contribution in [0.4, 0.5) is 0 Å². The van der Waals surface area contributed by atoms with Gasteiger partial charge >= 0.3 is 0 Å². The normalized spacial score (nSPS) is 24.6. The lowest BCUT2D eigenvalue weighted by atomic mass is 9.87. The van der Waals surface area contributed by atoms with E-state index in [1.54, 1.807) is 0 Å². The van der Waals surface area contributed by atoms with Crippen molar-refractivity contribution < 1.29 is 0 Å². The van der Waals surface area contributed by atoms with Crippen LogP contribution in [0.3, 0.4) is 0 Å². The molecule has 3 N–H and O–H groups in total. The van der Waals surface area contributed by atoms with Gasteiger partial charge in [-0.1, -0.05) is 20.8 Å². The van der Waals surface area contributed by atoms with E-state index in [-0.39, 0.29) is 11.5 Å². The topological polar surface area (TPSA) is 38.0 Å². The maximum Gasteiger partial charge on any atom is 0.0214 e. The van der Waals surface area contributed by atoms with Crippen LogP contribution in [0.15, 0.2) is 0 Å². The van der Waals surface area contributed by atoms with Crippen LogP contribution in [-0.2, 0) is 0 Å². The van der Waals surface area contributed by atoms with Crippen LogP contribution in [-0.4, -0.2) is 18.6 Å². The molecule has 0 saturated heterocycles. The monoisotopic (exact) mass is 210 g/mol. The Morgan fingerprint density at radius 2 is 1.60 bits per heavy atom. The third kappa shape index (κ3) is 3.18. The van der Waals surface area contributed by atoms with Crippen molar-refractivity contribution in [3.8, 4) is 0 Å². The van der Waals surface area contributed by atoms with Gasteiger partial charge in [0, 0.05) is 18.6 Å². The van der Waals surface area contributed by atoms with Gasteiger partial charge in [-0.05, 0) is 42.9 Å². The molecule has 2 fully saturated rings. The molecule has 88 valence electrons. The SMILES string of the molecule is CC(C)(C)C(N)CNC(C1CC1)C1CC1. The Morgan fingerprint density at radius 1 is 1.13 bits per heavy atom. The third-order valence-corrected chi connectivity index (χ3v) is 3.95. The van der Waals surface area contributed by atoms with Crippen LogP contribution in [0.5, 0.6) is 0 Å². The lowest BCUT2D eigenvalue weighted by Gasteiger charge is -2.29. The van der Waals surface area contributed by atoms with Gasteiger partial charge in [-0.3, -0.25) is 0 Å². The second-order valence-corrected chi connectivity index (χ2v) is 6.58. The molecule has 15 heavy (non-hydrogen) atoms. The molecule has 2 aliphatic rings. The Balaban J connectivity index is 1.75. The van der Waals surface area contributed by atoms with Gasteiger partial charge in [-0.15, -0.1) is 0 Å². The van der Waals surface area contributed by atoms with Crippen molar-refractivity contribution in [2.24, 2.45) is 23.0 Å². The van der Waals surface area contributed by atoms with E-state index in [0.29, 0.717) is 0 Å². The molecule has 0 aromatic carbocycles. The van der Waals surface area contributed by atoms with Crippen LogP contribution < -0.4 is 11.1 Å². The number of nitrogens with two attached hydrogens (primary N) is 1. The average Bonchev–Trinajstić information content (AvgIpc) is 2.98. The zero-order valence-electron chi connectivity index (χ0n) is 10.4. The second kappa shape index (κ2) is 4.06. The fourth-order valence-corrected chi connectivity index (χ4v) is 2.20. The summed E-state index contributed by atoms with van der Waals surface area (Å²) in [6.45, 7) is 7.66. The molecule has 2 rings (SSSR count). The maximum absolute atomic E-state index is 6.18. The summed E-state index contributed by atoms with van der Waals surface area (Å²) in [4.78, 5) is 0. The molecule has 2 nitrogen and oxygen atoms in total. The van der Waals surface area contributed by atoms with Crippen molar-refractivity contribution in [3.05, 3.63) is 0 Å². The van der Waals surface area contributed by atoms with Gasteiger partial charge in [0.2, 0.25) is 0 Å². The van der Waals surface area contributed by atoms with E-state index in [4.69, 9.17) is 5.73 Å². The van der Waals surface area contributed by atoms with Crippen molar-refractivity contribution >= 4 is 0 Å². The summed E-state index contributed by atoms with van der Waals surface area (Å²) < 4.78 is 0. The van der Waals surface area contributed by atoms with Crippen LogP contribution >= 0.6 is 0 Å². The summed E-state index contributed by atoms with van der Waals surface area (Å²) in [5, 5.41) is 3.72. The van der Waals surface area contributed by atoms with Crippen molar-refractivity contribution in [1.29, 1.82) is 0 Å². The highest BCUT2D eigenvalue weighted by atomic mass is 15.0. The number of hydrogen-bond acceptors (Lipinski definition) is 2. The minimum atomic E-state index is 0.227. The minimum Gasteiger partial charge on any atom is -0.326 e. The largest absolute Gasteiger partial charge is 0.326 e. The summed E-state index contributed by atoms with van der Waals surface area (Å²) in [7, 11) is 0. The van der Waals surface area contributed by atoms with E-state index in [1.165, 1.54) is 25.7 Å². The standard InChI is InChI=1S/C13H26N2/c1-13(2,3)11(14)8-15-12(9-4-5-9)10-6-7-10/h9-12,15H,4-8,14H2,1-3H3. The van der Waals surface area contributed by atoms with Gasteiger partial charge in [-0.2, -0.15) is 0 Å². The average molecular weight is 210 g/mol. The second-order valence-electron chi connectivity index (χ2n) is 6.58. The first-order valence-corrected chi connectivity index (χ1v) is 6.47. The molecule has 0 spiro atoms. The van der Waals surface area contributed by atoms with E-state index in [0.717, 1.165) is 24.4 Å². The smallest absolute Gasteiger partial charge is 0.0214 e. The number of rotatable bonds is 5. The Bertz CT molecular complexity index is 199. The van der Waals surface area contributed by atoms with E-state index >= 15 is 0 Å². The summed E-state index contributed by atoms with van der Waals surface area (Å²) >= 11 is 0. The molecular weight excluding hydrogens is 184 g/mol. The Labute approximate surface area is 94.0 Å². The molecule has 1 unspecified atom stereocenters. The number of hydrogen-bond donors (Lipinski definition) is 2. The first-order chi connectivity index (χ1) is 6.98. The molecule has 0 radical (unpaired) electrons. The lowest BCUT2D eigenvalue weighted by molar-refractivity contribution is 0.287. The molecule has 0 aliphatic heterocycles. The Hall–Kier alpha value is -0.0800. The predicted octanol–water partition coefficient (Wildman–Crippen LogP) is 2.14. The first kappa shape index (κ1) is 11.4. The van der Waals surface area contributed by atoms with Gasteiger partial charge in [0.25, 0.3) is 0 Å². The van der Waals surface area contributed by atoms with Gasteiger partial charge in [0.05, 0.1) is 0 Å². The van der Waals surface area contributed by atoms with Gasteiger partial charge in [0.15, 0.2) is 0 Å². The zero-order chi connectivity index (χ0) is 11.1. The van der Waals surface area contributed by atoms with Crippen molar-refractivity contribution in [2.45, 2.75) is 58.5 Å². The summed E-state index contributed by atoms with van der Waals surface area (Å²) in [5.41, 5.74) is 6.40. The molecule has 2 saturated carbocycles. The van der Waals surface area contributed by atoms with Crippen molar-refractivity contribution in [1.82, 2.24) is 5.32 Å². The van der Waals surface area contributed by atoms with Gasteiger partial charge in [-0.25, -0.2) is 0 Å². The summed E-state index contributed by atoms with van der Waals surface area (Å²) in [6, 6.07) is 1.07. The first-order valence-electron chi connectivity index (χ1n) is 6.47. The lowest BCUT2D eigenvalue weighted by Crippen LogP contribution is -2.47. The molecule has 2 aliphatic carbocycles. The van der Waals surface area contributed by atoms with E-state index in [1.807, 2.05) is 0 Å². The molecule has 0 heterocycles. The third-order valence-electron chi connectivity index (χ3n) is 3.95. The van der Waals surface area contributed by atoms with E-state index in [9.17, 15) is 0 Å². The molecule has 0 aromatic rings. The van der Waals surface area contributed by atoms with Gasteiger partial charge in [0.1, 0.15) is 0 Å². The Kier molecular flexibility index (Phi) is 3.09. The van der Waals surface area contributed by atoms with Gasteiger partial charge < -0.3 is 11.1 Å². The quantitative estimate of drug-likeness (QED) is 0.729. The fraction of sp³-hybridized carbons (Fsp3) is 1.00. The highest BCUT2D eigenvalue weighted by molar-refractivity contribution is 4.97.